The Hall–Kier alpha value is -1.60. The third kappa shape index (κ3) is 4.71. The van der Waals surface area contributed by atoms with Crippen molar-refractivity contribution in [2.45, 2.75) is 31.7 Å². The van der Waals surface area contributed by atoms with Crippen LogP contribution in [-0.2, 0) is 14.8 Å². The number of methoxy groups -OCH3 is 1. The minimum absolute atomic E-state index is 0.00964. The monoisotopic (exact) mass is 328 g/mol. The SMILES string of the molecule is COc1ccc(S(=O)(=O)N(C)CC(=O)N[C@@H](C)C(C)C)cc1. The van der Waals surface area contributed by atoms with Gasteiger partial charge in [-0.05, 0) is 37.1 Å². The molecule has 0 aliphatic rings. The average Bonchev–Trinajstić information content (AvgIpc) is 2.46. The molecule has 0 saturated carbocycles. The standard InChI is InChI=1S/C15H24N2O4S/c1-11(2)12(3)16-15(18)10-17(4)22(19,20)14-8-6-13(21-5)7-9-14/h6-9,11-12H,10H2,1-5H3,(H,16,18)/t12-/m0/s1. The molecule has 1 rings (SSSR count). The van der Waals surface area contributed by atoms with Crippen molar-refractivity contribution in [2.24, 2.45) is 5.92 Å². The highest BCUT2D eigenvalue weighted by atomic mass is 32.2. The van der Waals surface area contributed by atoms with Crippen molar-refractivity contribution >= 4 is 15.9 Å². The number of nitrogens with one attached hydrogen (secondary N) is 1. The molecule has 0 aliphatic carbocycles. The number of amides is 1. The molecule has 0 radical (unpaired) electrons. The van der Waals surface area contributed by atoms with E-state index in [2.05, 4.69) is 5.32 Å². The first-order chi connectivity index (χ1) is 10.2. The first-order valence-electron chi connectivity index (χ1n) is 7.08. The first-order valence-corrected chi connectivity index (χ1v) is 8.52. The van der Waals surface area contributed by atoms with E-state index in [9.17, 15) is 13.2 Å². The van der Waals surface area contributed by atoms with Crippen LogP contribution in [0.1, 0.15) is 20.8 Å². The number of carbonyl (C=O) groups is 1. The number of likely N-dealkylation sites (N-methyl/N-ethyl adjacent to an activating group) is 1. The Morgan fingerprint density at radius 1 is 1.23 bits per heavy atom. The molecule has 7 heteroatoms. The summed E-state index contributed by atoms with van der Waals surface area (Å²) in [6.45, 7) is 5.65. The van der Waals surface area contributed by atoms with E-state index in [1.165, 1.54) is 26.3 Å². The van der Waals surface area contributed by atoms with Crippen molar-refractivity contribution in [1.82, 2.24) is 9.62 Å². The fourth-order valence-electron chi connectivity index (χ4n) is 1.68. The summed E-state index contributed by atoms with van der Waals surface area (Å²) in [6.07, 6.45) is 0. The molecule has 0 unspecified atom stereocenters. The molecular formula is C15H24N2O4S. The Kier molecular flexibility index (Phi) is 6.37. The highest BCUT2D eigenvalue weighted by molar-refractivity contribution is 7.89. The van der Waals surface area contributed by atoms with Gasteiger partial charge in [0.05, 0.1) is 18.6 Å². The Labute approximate surface area is 132 Å². The van der Waals surface area contributed by atoms with Crippen molar-refractivity contribution in [3.63, 3.8) is 0 Å². The maximum absolute atomic E-state index is 12.4. The number of hydrogen-bond acceptors (Lipinski definition) is 4. The molecule has 1 amide bonds. The van der Waals surface area contributed by atoms with Crippen LogP contribution in [0.15, 0.2) is 29.2 Å². The summed E-state index contributed by atoms with van der Waals surface area (Å²) in [5, 5.41) is 2.79. The lowest BCUT2D eigenvalue weighted by Gasteiger charge is -2.21. The number of sulfonamides is 1. The van der Waals surface area contributed by atoms with Gasteiger partial charge >= 0.3 is 0 Å². The van der Waals surface area contributed by atoms with Crippen molar-refractivity contribution < 1.29 is 17.9 Å². The summed E-state index contributed by atoms with van der Waals surface area (Å²) >= 11 is 0. The Bertz CT molecular complexity index is 596. The van der Waals surface area contributed by atoms with Crippen molar-refractivity contribution in [2.75, 3.05) is 20.7 Å². The van der Waals surface area contributed by atoms with Gasteiger partial charge in [0.1, 0.15) is 5.75 Å². The predicted octanol–water partition coefficient (Wildman–Crippen LogP) is 1.48. The lowest BCUT2D eigenvalue weighted by molar-refractivity contribution is -0.122. The quantitative estimate of drug-likeness (QED) is 0.822. The molecule has 0 saturated heterocycles. The Morgan fingerprint density at radius 2 is 1.77 bits per heavy atom. The van der Waals surface area contributed by atoms with Crippen LogP contribution in [0.25, 0.3) is 0 Å². The molecule has 22 heavy (non-hydrogen) atoms. The first kappa shape index (κ1) is 18.4. The molecule has 124 valence electrons. The molecule has 0 heterocycles. The molecule has 0 aliphatic heterocycles. The topological polar surface area (TPSA) is 75.7 Å². The molecule has 0 bridgehead atoms. The van der Waals surface area contributed by atoms with Crippen molar-refractivity contribution in [3.8, 4) is 5.75 Å². The normalized spacial score (nSPS) is 13.2. The fourth-order valence-corrected chi connectivity index (χ4v) is 2.81. The zero-order chi connectivity index (χ0) is 16.9. The number of hydrogen-bond donors (Lipinski definition) is 1. The van der Waals surface area contributed by atoms with E-state index in [-0.39, 0.29) is 29.3 Å². The highest BCUT2D eigenvalue weighted by Gasteiger charge is 2.23. The van der Waals surface area contributed by atoms with Gasteiger partial charge in [0.25, 0.3) is 0 Å². The second kappa shape index (κ2) is 7.60. The Balaban J connectivity index is 2.77. The highest BCUT2D eigenvalue weighted by Crippen LogP contribution is 2.18. The lowest BCUT2D eigenvalue weighted by atomic mass is 10.1. The van der Waals surface area contributed by atoms with Gasteiger partial charge in [-0.1, -0.05) is 13.8 Å². The summed E-state index contributed by atoms with van der Waals surface area (Å²) < 4.78 is 30.8. The zero-order valence-corrected chi connectivity index (χ0v) is 14.5. The molecule has 1 aromatic carbocycles. The molecule has 6 nitrogen and oxygen atoms in total. The number of ether oxygens (including phenoxy) is 1. The van der Waals surface area contributed by atoms with Crippen LogP contribution in [-0.4, -0.2) is 45.4 Å². The fraction of sp³-hybridized carbons (Fsp3) is 0.533. The van der Waals surface area contributed by atoms with E-state index in [4.69, 9.17) is 4.74 Å². The van der Waals surface area contributed by atoms with Crippen LogP contribution in [0.2, 0.25) is 0 Å². The molecule has 1 aromatic rings. The maximum Gasteiger partial charge on any atom is 0.243 e. The number of benzene rings is 1. The van der Waals surface area contributed by atoms with Gasteiger partial charge in [-0.15, -0.1) is 0 Å². The van der Waals surface area contributed by atoms with E-state index in [0.717, 1.165) is 4.31 Å². The number of rotatable bonds is 7. The van der Waals surface area contributed by atoms with Crippen LogP contribution < -0.4 is 10.1 Å². The largest absolute Gasteiger partial charge is 0.497 e. The number of carbonyl (C=O) groups excluding carboxylic acids is 1. The van der Waals surface area contributed by atoms with E-state index in [1.54, 1.807) is 12.1 Å². The van der Waals surface area contributed by atoms with E-state index < -0.39 is 10.0 Å². The lowest BCUT2D eigenvalue weighted by Crippen LogP contribution is -2.43. The van der Waals surface area contributed by atoms with Gasteiger partial charge in [0.2, 0.25) is 15.9 Å². The third-order valence-corrected chi connectivity index (χ3v) is 5.34. The molecule has 0 spiro atoms. The molecule has 1 N–H and O–H groups in total. The van der Waals surface area contributed by atoms with Crippen LogP contribution in [0, 0.1) is 5.92 Å². The van der Waals surface area contributed by atoms with Crippen LogP contribution in [0.3, 0.4) is 0 Å². The van der Waals surface area contributed by atoms with Crippen LogP contribution >= 0.6 is 0 Å². The molecule has 0 fully saturated rings. The summed E-state index contributed by atoms with van der Waals surface area (Å²) in [5.41, 5.74) is 0. The van der Waals surface area contributed by atoms with Crippen LogP contribution in [0.5, 0.6) is 5.75 Å². The van der Waals surface area contributed by atoms with Crippen LogP contribution in [0.4, 0.5) is 0 Å². The summed E-state index contributed by atoms with van der Waals surface area (Å²) in [5.74, 6) is 0.540. The summed E-state index contributed by atoms with van der Waals surface area (Å²) in [6, 6.07) is 6.05. The smallest absolute Gasteiger partial charge is 0.243 e. The van der Waals surface area contributed by atoms with Crippen molar-refractivity contribution in [3.05, 3.63) is 24.3 Å². The predicted molar refractivity (Wildman–Crippen MR) is 85.3 cm³/mol. The second-order valence-electron chi connectivity index (χ2n) is 5.54. The van der Waals surface area contributed by atoms with E-state index in [1.807, 2.05) is 20.8 Å². The van der Waals surface area contributed by atoms with Gasteiger partial charge < -0.3 is 10.1 Å². The zero-order valence-electron chi connectivity index (χ0n) is 13.7. The second-order valence-corrected chi connectivity index (χ2v) is 7.58. The minimum Gasteiger partial charge on any atom is -0.497 e. The minimum atomic E-state index is -3.70. The van der Waals surface area contributed by atoms with Gasteiger partial charge in [-0.2, -0.15) is 4.31 Å². The Morgan fingerprint density at radius 3 is 2.23 bits per heavy atom. The summed E-state index contributed by atoms with van der Waals surface area (Å²) in [7, 11) is -0.800. The maximum atomic E-state index is 12.4. The molecule has 0 aromatic heterocycles. The average molecular weight is 328 g/mol. The van der Waals surface area contributed by atoms with Crippen molar-refractivity contribution in [1.29, 1.82) is 0 Å². The third-order valence-electron chi connectivity index (χ3n) is 3.52. The summed E-state index contributed by atoms with van der Waals surface area (Å²) in [4.78, 5) is 12.0. The molecule has 1 atom stereocenters. The van der Waals surface area contributed by atoms with Gasteiger partial charge in [0.15, 0.2) is 0 Å². The number of nitrogens with zero attached hydrogens (tertiary/aromatic N) is 1. The van der Waals surface area contributed by atoms with Gasteiger partial charge in [-0.25, -0.2) is 8.42 Å². The molecular weight excluding hydrogens is 304 g/mol. The van der Waals surface area contributed by atoms with E-state index in [0.29, 0.717) is 5.75 Å². The van der Waals surface area contributed by atoms with Gasteiger partial charge in [-0.3, -0.25) is 4.79 Å². The van der Waals surface area contributed by atoms with E-state index >= 15 is 0 Å². The van der Waals surface area contributed by atoms with Gasteiger partial charge in [0, 0.05) is 13.1 Å².